The Balaban J connectivity index is 3.95. The molecule has 0 heterocycles. The molecule has 24 heavy (non-hydrogen) atoms. The van der Waals surface area contributed by atoms with Crippen molar-refractivity contribution in [2.75, 3.05) is 19.6 Å². The molecule has 0 bridgehead atoms. The van der Waals surface area contributed by atoms with Gasteiger partial charge < -0.3 is 4.90 Å². The summed E-state index contributed by atoms with van der Waals surface area (Å²) in [5.74, 6) is 0.883. The van der Waals surface area contributed by atoms with E-state index in [1.807, 2.05) is 0 Å². The lowest BCUT2D eigenvalue weighted by Gasteiger charge is -2.26. The Morgan fingerprint density at radius 1 is 0.542 bits per heavy atom. The third-order valence-corrected chi connectivity index (χ3v) is 5.28. The first kappa shape index (κ1) is 24.0. The van der Waals surface area contributed by atoms with E-state index < -0.39 is 0 Å². The van der Waals surface area contributed by atoms with Crippen LogP contribution in [-0.2, 0) is 0 Å². The Hall–Kier alpha value is -0.0400. The average molecular weight is 340 g/mol. The lowest BCUT2D eigenvalue weighted by molar-refractivity contribution is 0.220. The van der Waals surface area contributed by atoms with Gasteiger partial charge in [0.25, 0.3) is 0 Å². The molecule has 1 unspecified atom stereocenters. The molecule has 0 saturated carbocycles. The van der Waals surface area contributed by atoms with Gasteiger partial charge in [0.15, 0.2) is 0 Å². The first-order chi connectivity index (χ1) is 11.7. The van der Waals surface area contributed by atoms with Crippen molar-refractivity contribution in [3.05, 3.63) is 0 Å². The van der Waals surface area contributed by atoms with Crippen LogP contribution in [0.3, 0.4) is 0 Å². The topological polar surface area (TPSA) is 3.24 Å². The number of rotatable bonds is 19. The summed E-state index contributed by atoms with van der Waals surface area (Å²) >= 11 is 0. The average Bonchev–Trinajstić information content (AvgIpc) is 2.58. The predicted molar refractivity (Wildman–Crippen MR) is 112 cm³/mol. The number of hydrogen-bond donors (Lipinski definition) is 0. The summed E-state index contributed by atoms with van der Waals surface area (Å²) in [5.41, 5.74) is 0. The fourth-order valence-corrected chi connectivity index (χ4v) is 3.62. The molecular formula is C23H49N. The van der Waals surface area contributed by atoms with Gasteiger partial charge in [-0.1, -0.05) is 105 Å². The molecule has 0 aliphatic rings. The maximum absolute atomic E-state index is 2.79. The van der Waals surface area contributed by atoms with Gasteiger partial charge in [-0.2, -0.15) is 0 Å². The van der Waals surface area contributed by atoms with Crippen LogP contribution in [0.1, 0.15) is 124 Å². The molecule has 0 spiro atoms. The summed E-state index contributed by atoms with van der Waals surface area (Å²) in [6, 6.07) is 0. The Kier molecular flexibility index (Phi) is 19.3. The summed E-state index contributed by atoms with van der Waals surface area (Å²) in [4.78, 5) is 2.79. The quantitative estimate of drug-likeness (QED) is 0.217. The molecular weight excluding hydrogens is 290 g/mol. The van der Waals surface area contributed by atoms with E-state index in [0.717, 1.165) is 5.92 Å². The smallest absolute Gasteiger partial charge is 0.000702 e. The van der Waals surface area contributed by atoms with Crippen LogP contribution in [0.5, 0.6) is 0 Å². The van der Waals surface area contributed by atoms with Gasteiger partial charge in [-0.3, -0.25) is 0 Å². The highest BCUT2D eigenvalue weighted by atomic mass is 15.1. The van der Waals surface area contributed by atoms with E-state index in [1.165, 1.54) is 116 Å². The zero-order chi connectivity index (χ0) is 17.9. The van der Waals surface area contributed by atoms with E-state index >= 15 is 0 Å². The molecule has 0 saturated heterocycles. The minimum absolute atomic E-state index is 0.883. The van der Waals surface area contributed by atoms with Crippen LogP contribution >= 0.6 is 0 Å². The van der Waals surface area contributed by atoms with Crippen molar-refractivity contribution in [1.29, 1.82) is 0 Å². The first-order valence-electron chi connectivity index (χ1n) is 11.5. The van der Waals surface area contributed by atoms with Gasteiger partial charge in [0.05, 0.1) is 0 Å². The standard InChI is InChI=1S/C23H49N/c1-5-8-11-14-17-20-24(21-18-15-12-9-6-2)22-23(4)19-16-13-10-7-3/h23H,5-22H2,1-4H3. The van der Waals surface area contributed by atoms with Gasteiger partial charge in [0, 0.05) is 6.54 Å². The molecule has 0 aromatic rings. The van der Waals surface area contributed by atoms with E-state index in [2.05, 4.69) is 32.6 Å². The Bertz CT molecular complexity index is 212. The van der Waals surface area contributed by atoms with Crippen molar-refractivity contribution in [2.45, 2.75) is 124 Å². The van der Waals surface area contributed by atoms with Crippen molar-refractivity contribution in [3.8, 4) is 0 Å². The van der Waals surface area contributed by atoms with Gasteiger partial charge in [-0.25, -0.2) is 0 Å². The predicted octanol–water partition coefficient (Wildman–Crippen LogP) is 7.84. The minimum atomic E-state index is 0.883. The molecule has 0 amide bonds. The fourth-order valence-electron chi connectivity index (χ4n) is 3.62. The van der Waals surface area contributed by atoms with Crippen molar-refractivity contribution in [3.63, 3.8) is 0 Å². The van der Waals surface area contributed by atoms with Crippen LogP contribution in [0, 0.1) is 5.92 Å². The van der Waals surface area contributed by atoms with Crippen LogP contribution in [0.25, 0.3) is 0 Å². The lowest BCUT2D eigenvalue weighted by Crippen LogP contribution is -2.30. The van der Waals surface area contributed by atoms with Gasteiger partial charge in [-0.05, 0) is 38.3 Å². The Morgan fingerprint density at radius 3 is 1.42 bits per heavy atom. The molecule has 0 rings (SSSR count). The van der Waals surface area contributed by atoms with E-state index in [9.17, 15) is 0 Å². The van der Waals surface area contributed by atoms with Gasteiger partial charge in [0.2, 0.25) is 0 Å². The third kappa shape index (κ3) is 16.8. The Labute approximate surface area is 155 Å². The van der Waals surface area contributed by atoms with Crippen LogP contribution in [0.4, 0.5) is 0 Å². The number of hydrogen-bond acceptors (Lipinski definition) is 1. The lowest BCUT2D eigenvalue weighted by atomic mass is 10.0. The van der Waals surface area contributed by atoms with E-state index in [-0.39, 0.29) is 0 Å². The van der Waals surface area contributed by atoms with Crippen molar-refractivity contribution >= 4 is 0 Å². The summed E-state index contributed by atoms with van der Waals surface area (Å²) in [6.07, 6.45) is 21.2. The van der Waals surface area contributed by atoms with E-state index in [4.69, 9.17) is 0 Å². The summed E-state index contributed by atoms with van der Waals surface area (Å²) in [6.45, 7) is 13.4. The third-order valence-electron chi connectivity index (χ3n) is 5.28. The second kappa shape index (κ2) is 19.3. The second-order valence-corrected chi connectivity index (χ2v) is 8.08. The Morgan fingerprint density at radius 2 is 0.958 bits per heavy atom. The highest BCUT2D eigenvalue weighted by molar-refractivity contribution is 4.64. The zero-order valence-corrected chi connectivity index (χ0v) is 17.8. The molecule has 0 aliphatic heterocycles. The molecule has 0 aliphatic carbocycles. The summed E-state index contributed by atoms with van der Waals surface area (Å²) in [5, 5.41) is 0. The summed E-state index contributed by atoms with van der Waals surface area (Å²) in [7, 11) is 0. The number of unbranched alkanes of at least 4 members (excludes halogenated alkanes) is 11. The van der Waals surface area contributed by atoms with E-state index in [0.29, 0.717) is 0 Å². The largest absolute Gasteiger partial charge is 0.303 e. The molecule has 1 atom stereocenters. The molecule has 0 N–H and O–H groups in total. The highest BCUT2D eigenvalue weighted by Gasteiger charge is 2.10. The van der Waals surface area contributed by atoms with Gasteiger partial charge in [-0.15, -0.1) is 0 Å². The van der Waals surface area contributed by atoms with Crippen LogP contribution in [0.15, 0.2) is 0 Å². The fraction of sp³-hybridized carbons (Fsp3) is 1.00. The van der Waals surface area contributed by atoms with E-state index in [1.54, 1.807) is 0 Å². The van der Waals surface area contributed by atoms with Crippen LogP contribution in [-0.4, -0.2) is 24.5 Å². The second-order valence-electron chi connectivity index (χ2n) is 8.08. The summed E-state index contributed by atoms with van der Waals surface area (Å²) < 4.78 is 0. The van der Waals surface area contributed by atoms with Crippen molar-refractivity contribution in [2.24, 2.45) is 5.92 Å². The highest BCUT2D eigenvalue weighted by Crippen LogP contribution is 2.14. The van der Waals surface area contributed by atoms with Crippen molar-refractivity contribution in [1.82, 2.24) is 4.90 Å². The van der Waals surface area contributed by atoms with Crippen molar-refractivity contribution < 1.29 is 0 Å². The molecule has 1 heteroatoms. The molecule has 0 fully saturated rings. The molecule has 0 aromatic heterocycles. The maximum atomic E-state index is 2.79. The zero-order valence-electron chi connectivity index (χ0n) is 17.8. The molecule has 0 aromatic carbocycles. The van der Waals surface area contributed by atoms with Gasteiger partial charge in [0.1, 0.15) is 0 Å². The number of nitrogens with zero attached hydrogens (tertiary/aromatic N) is 1. The van der Waals surface area contributed by atoms with Crippen LogP contribution < -0.4 is 0 Å². The molecule has 0 radical (unpaired) electrons. The van der Waals surface area contributed by atoms with Gasteiger partial charge >= 0.3 is 0 Å². The minimum Gasteiger partial charge on any atom is -0.303 e. The SMILES string of the molecule is CCCCCCCN(CCCCCCC)CC(C)CCCCCC. The first-order valence-corrected chi connectivity index (χ1v) is 11.5. The molecule has 146 valence electrons. The molecule has 1 nitrogen and oxygen atoms in total. The normalized spacial score (nSPS) is 12.9. The van der Waals surface area contributed by atoms with Crippen LogP contribution in [0.2, 0.25) is 0 Å². The maximum Gasteiger partial charge on any atom is 0.000702 e. The monoisotopic (exact) mass is 339 g/mol.